The number of hydrogen-bond donors (Lipinski definition) is 0. The van der Waals surface area contributed by atoms with Crippen LogP contribution in [-0.2, 0) is 18.9 Å². The molecule has 4 nitrogen and oxygen atoms in total. The van der Waals surface area contributed by atoms with E-state index in [0.717, 1.165) is 12.8 Å². The lowest BCUT2D eigenvalue weighted by Crippen LogP contribution is -2.26. The highest BCUT2D eigenvalue weighted by molar-refractivity contribution is 4.84. The van der Waals surface area contributed by atoms with Gasteiger partial charge < -0.3 is 18.9 Å². The van der Waals surface area contributed by atoms with Crippen LogP contribution >= 0.6 is 0 Å². The molecular formula is C8H14O4. The molecular weight excluding hydrogens is 160 g/mol. The van der Waals surface area contributed by atoms with Gasteiger partial charge in [-0.15, -0.1) is 0 Å². The number of rotatable bonds is 4. The predicted octanol–water partition coefficient (Wildman–Crippen LogP) is 0.511. The fourth-order valence-corrected chi connectivity index (χ4v) is 1.44. The fourth-order valence-electron chi connectivity index (χ4n) is 1.44. The van der Waals surface area contributed by atoms with Gasteiger partial charge in [0.1, 0.15) is 12.9 Å². The van der Waals surface area contributed by atoms with Gasteiger partial charge in [0.05, 0.1) is 12.7 Å². The molecule has 0 unspecified atom stereocenters. The molecule has 2 fully saturated rings. The van der Waals surface area contributed by atoms with Crippen LogP contribution in [0.25, 0.3) is 0 Å². The van der Waals surface area contributed by atoms with Crippen LogP contribution in [0.5, 0.6) is 0 Å². The van der Waals surface area contributed by atoms with Gasteiger partial charge in [-0.25, -0.2) is 0 Å². The van der Waals surface area contributed by atoms with E-state index in [1.807, 2.05) is 0 Å². The summed E-state index contributed by atoms with van der Waals surface area (Å²) in [5, 5.41) is 0. The van der Waals surface area contributed by atoms with Crippen LogP contribution in [-0.4, -0.2) is 39.0 Å². The molecule has 0 aromatic rings. The van der Waals surface area contributed by atoms with Crippen molar-refractivity contribution in [1.29, 1.82) is 0 Å². The average Bonchev–Trinajstić information content (AvgIpc) is 2.83. The standard InChI is InChI=1S/C8H14O4/c1-9-5-10-4-6-2-3-7-8(11-6)12-7/h6-8H,2-5H2,1H3/t6-,7-,8+/m0/s1. The smallest absolute Gasteiger partial charge is 0.184 e. The molecule has 0 amide bonds. The summed E-state index contributed by atoms with van der Waals surface area (Å²) in [6.07, 6.45) is 2.78. The van der Waals surface area contributed by atoms with Crippen LogP contribution in [0, 0.1) is 0 Å². The van der Waals surface area contributed by atoms with Crippen molar-refractivity contribution in [3.63, 3.8) is 0 Å². The lowest BCUT2D eigenvalue weighted by Gasteiger charge is -2.18. The van der Waals surface area contributed by atoms with Crippen LogP contribution in [0.2, 0.25) is 0 Å². The normalized spacial score (nSPS) is 39.2. The average molecular weight is 174 g/mol. The van der Waals surface area contributed by atoms with Gasteiger partial charge in [-0.2, -0.15) is 0 Å². The first kappa shape index (κ1) is 8.44. The highest BCUT2D eigenvalue weighted by Gasteiger charge is 2.45. The maximum atomic E-state index is 5.50. The Hall–Kier alpha value is -0.160. The Kier molecular flexibility index (Phi) is 2.60. The topological polar surface area (TPSA) is 40.2 Å². The van der Waals surface area contributed by atoms with E-state index in [4.69, 9.17) is 18.9 Å². The molecule has 0 bridgehead atoms. The van der Waals surface area contributed by atoms with Crippen LogP contribution in [0.3, 0.4) is 0 Å². The van der Waals surface area contributed by atoms with Gasteiger partial charge in [-0.05, 0) is 12.8 Å². The lowest BCUT2D eigenvalue weighted by molar-refractivity contribution is -0.102. The minimum Gasteiger partial charge on any atom is -0.359 e. The molecule has 2 aliphatic rings. The van der Waals surface area contributed by atoms with Gasteiger partial charge in [0.15, 0.2) is 6.29 Å². The number of epoxide rings is 1. The summed E-state index contributed by atoms with van der Waals surface area (Å²) < 4.78 is 20.7. The first-order chi connectivity index (χ1) is 5.90. The van der Waals surface area contributed by atoms with Crippen molar-refractivity contribution in [1.82, 2.24) is 0 Å². The Morgan fingerprint density at radius 2 is 2.25 bits per heavy atom. The second-order valence-corrected chi connectivity index (χ2v) is 3.16. The maximum absolute atomic E-state index is 5.50. The monoisotopic (exact) mass is 174 g/mol. The summed E-state index contributed by atoms with van der Waals surface area (Å²) >= 11 is 0. The van der Waals surface area contributed by atoms with Crippen molar-refractivity contribution in [3.8, 4) is 0 Å². The zero-order chi connectivity index (χ0) is 8.39. The Labute approximate surface area is 71.7 Å². The molecule has 2 saturated heterocycles. The van der Waals surface area contributed by atoms with E-state index < -0.39 is 0 Å². The molecule has 2 heterocycles. The highest BCUT2D eigenvalue weighted by Crippen LogP contribution is 2.34. The van der Waals surface area contributed by atoms with Gasteiger partial charge in [0, 0.05) is 7.11 Å². The third-order valence-corrected chi connectivity index (χ3v) is 2.14. The van der Waals surface area contributed by atoms with E-state index in [2.05, 4.69) is 0 Å². The van der Waals surface area contributed by atoms with Crippen molar-refractivity contribution in [3.05, 3.63) is 0 Å². The summed E-state index contributed by atoms with van der Waals surface area (Å²) in [6, 6.07) is 0. The SMILES string of the molecule is COCOC[C@@H]1CC[C@@H]2O[C@H]2O1. The molecule has 0 aliphatic carbocycles. The summed E-state index contributed by atoms with van der Waals surface area (Å²) in [5.74, 6) is 0. The summed E-state index contributed by atoms with van der Waals surface area (Å²) in [6.45, 7) is 0.954. The van der Waals surface area contributed by atoms with E-state index in [-0.39, 0.29) is 12.4 Å². The molecule has 2 rings (SSSR count). The molecule has 4 heteroatoms. The lowest BCUT2D eigenvalue weighted by atomic mass is 10.1. The van der Waals surface area contributed by atoms with E-state index in [9.17, 15) is 0 Å². The fraction of sp³-hybridized carbons (Fsp3) is 1.00. The quantitative estimate of drug-likeness (QED) is 0.354. The zero-order valence-electron chi connectivity index (χ0n) is 7.19. The first-order valence-electron chi connectivity index (χ1n) is 4.28. The van der Waals surface area contributed by atoms with Gasteiger partial charge in [-0.3, -0.25) is 0 Å². The van der Waals surface area contributed by atoms with Crippen molar-refractivity contribution < 1.29 is 18.9 Å². The zero-order valence-corrected chi connectivity index (χ0v) is 7.19. The van der Waals surface area contributed by atoms with Crippen LogP contribution < -0.4 is 0 Å². The largest absolute Gasteiger partial charge is 0.359 e. The molecule has 0 radical (unpaired) electrons. The number of methoxy groups -OCH3 is 1. The van der Waals surface area contributed by atoms with Crippen molar-refractivity contribution >= 4 is 0 Å². The summed E-state index contributed by atoms with van der Waals surface area (Å²) in [7, 11) is 1.61. The molecule has 0 spiro atoms. The summed E-state index contributed by atoms with van der Waals surface area (Å²) in [5.41, 5.74) is 0. The molecule has 12 heavy (non-hydrogen) atoms. The van der Waals surface area contributed by atoms with Gasteiger partial charge in [0.25, 0.3) is 0 Å². The van der Waals surface area contributed by atoms with E-state index in [1.54, 1.807) is 7.11 Å². The predicted molar refractivity (Wildman–Crippen MR) is 40.6 cm³/mol. The van der Waals surface area contributed by atoms with Crippen molar-refractivity contribution in [2.24, 2.45) is 0 Å². The third kappa shape index (κ3) is 1.95. The van der Waals surface area contributed by atoms with Gasteiger partial charge in [0.2, 0.25) is 0 Å². The van der Waals surface area contributed by atoms with E-state index >= 15 is 0 Å². The molecule has 3 atom stereocenters. The third-order valence-electron chi connectivity index (χ3n) is 2.14. The van der Waals surface area contributed by atoms with E-state index in [0.29, 0.717) is 19.5 Å². The Balaban J connectivity index is 1.61. The van der Waals surface area contributed by atoms with Crippen LogP contribution in [0.4, 0.5) is 0 Å². The van der Waals surface area contributed by atoms with Crippen molar-refractivity contribution in [2.45, 2.75) is 31.3 Å². The number of fused-ring (bicyclic) bond motifs is 1. The molecule has 0 aromatic carbocycles. The minimum atomic E-state index is 0.0647. The van der Waals surface area contributed by atoms with Crippen LogP contribution in [0.1, 0.15) is 12.8 Å². The first-order valence-corrected chi connectivity index (χ1v) is 4.28. The molecule has 0 N–H and O–H groups in total. The summed E-state index contributed by atoms with van der Waals surface area (Å²) in [4.78, 5) is 0. The minimum absolute atomic E-state index is 0.0647. The van der Waals surface area contributed by atoms with E-state index in [1.165, 1.54) is 0 Å². The van der Waals surface area contributed by atoms with Crippen LogP contribution in [0.15, 0.2) is 0 Å². The Morgan fingerprint density at radius 3 is 3.00 bits per heavy atom. The van der Waals surface area contributed by atoms with Crippen molar-refractivity contribution in [2.75, 3.05) is 20.5 Å². The van der Waals surface area contributed by atoms with Gasteiger partial charge >= 0.3 is 0 Å². The maximum Gasteiger partial charge on any atom is 0.184 e. The molecule has 0 aromatic heterocycles. The van der Waals surface area contributed by atoms with Gasteiger partial charge in [-0.1, -0.05) is 0 Å². The second kappa shape index (κ2) is 3.70. The second-order valence-electron chi connectivity index (χ2n) is 3.16. The number of ether oxygens (including phenoxy) is 4. The molecule has 2 aliphatic heterocycles. The number of hydrogen-bond acceptors (Lipinski definition) is 4. The molecule has 70 valence electrons. The highest BCUT2D eigenvalue weighted by atomic mass is 16.8. The Bertz CT molecular complexity index is 150. The molecule has 0 saturated carbocycles. The Morgan fingerprint density at radius 1 is 1.33 bits per heavy atom.